The van der Waals surface area contributed by atoms with Crippen molar-refractivity contribution in [2.75, 3.05) is 6.61 Å². The smallest absolute Gasteiger partial charge is 0.258 e. The van der Waals surface area contributed by atoms with Crippen LogP contribution in [-0.2, 0) is 4.79 Å². The van der Waals surface area contributed by atoms with E-state index in [9.17, 15) is 4.79 Å². The number of nitrogens with zero attached hydrogens (tertiary/aromatic N) is 1. The zero-order chi connectivity index (χ0) is 18.7. The highest BCUT2D eigenvalue weighted by Gasteiger charge is 2.12. The van der Waals surface area contributed by atoms with Crippen LogP contribution in [0.2, 0.25) is 0 Å². The summed E-state index contributed by atoms with van der Waals surface area (Å²) in [6, 6.07) is 15.9. The van der Waals surface area contributed by atoms with Crippen molar-refractivity contribution in [3.8, 4) is 5.75 Å². The summed E-state index contributed by atoms with van der Waals surface area (Å²) in [6.45, 7) is 8.03. The first kappa shape index (κ1) is 17.9. The maximum absolute atomic E-state index is 12.3. The molecule has 0 saturated heterocycles. The number of para-hydroxylation sites is 1. The molecule has 3 rings (SSSR count). The molecular formula is C22H24N2O2. The van der Waals surface area contributed by atoms with E-state index in [4.69, 9.17) is 4.74 Å². The van der Waals surface area contributed by atoms with Crippen LogP contribution in [0.5, 0.6) is 5.75 Å². The Balaban J connectivity index is 1.65. The molecule has 1 amide bonds. The molecule has 1 unspecified atom stereocenters. The minimum atomic E-state index is -0.152. The fraction of sp³-hybridized carbons (Fsp3) is 0.273. The Bertz CT molecular complexity index is 950. The van der Waals surface area contributed by atoms with Gasteiger partial charge in [-0.05, 0) is 56.5 Å². The van der Waals surface area contributed by atoms with Gasteiger partial charge in [0.05, 0.1) is 6.04 Å². The van der Waals surface area contributed by atoms with Crippen LogP contribution in [0.15, 0.2) is 48.5 Å². The molecule has 26 heavy (non-hydrogen) atoms. The van der Waals surface area contributed by atoms with Crippen molar-refractivity contribution >= 4 is 16.8 Å². The van der Waals surface area contributed by atoms with Crippen molar-refractivity contribution in [3.63, 3.8) is 0 Å². The van der Waals surface area contributed by atoms with E-state index < -0.39 is 0 Å². The molecule has 0 aliphatic carbocycles. The number of aromatic nitrogens is 1. The molecule has 0 fully saturated rings. The lowest BCUT2D eigenvalue weighted by Gasteiger charge is -2.16. The van der Waals surface area contributed by atoms with E-state index in [2.05, 4.69) is 36.3 Å². The second-order valence-electron chi connectivity index (χ2n) is 6.70. The lowest BCUT2D eigenvalue weighted by molar-refractivity contribution is -0.123. The second kappa shape index (κ2) is 7.56. The third-order valence-electron chi connectivity index (χ3n) is 4.59. The number of benzene rings is 2. The number of rotatable bonds is 5. The minimum Gasteiger partial charge on any atom is -0.481 e. The molecule has 2 aromatic carbocycles. The van der Waals surface area contributed by atoms with Crippen molar-refractivity contribution in [3.05, 3.63) is 70.9 Å². The summed E-state index contributed by atoms with van der Waals surface area (Å²) in [5, 5.41) is 3.99. The molecule has 4 nitrogen and oxygen atoms in total. The number of nitrogens with one attached hydrogen (secondary N) is 1. The molecular weight excluding hydrogens is 324 g/mol. The van der Waals surface area contributed by atoms with E-state index >= 15 is 0 Å². The highest BCUT2D eigenvalue weighted by atomic mass is 16.5. The van der Waals surface area contributed by atoms with Crippen LogP contribution in [0.4, 0.5) is 0 Å². The summed E-state index contributed by atoms with van der Waals surface area (Å²) in [5.74, 6) is 0.473. The molecule has 134 valence electrons. The number of amides is 1. The number of carbonyl (C=O) groups is 1. The largest absolute Gasteiger partial charge is 0.481 e. The van der Waals surface area contributed by atoms with Gasteiger partial charge in [-0.25, -0.2) is 4.98 Å². The number of hydrogen-bond acceptors (Lipinski definition) is 3. The van der Waals surface area contributed by atoms with Crippen molar-refractivity contribution in [2.45, 2.75) is 33.7 Å². The van der Waals surface area contributed by atoms with Gasteiger partial charge in [-0.3, -0.25) is 4.79 Å². The Hall–Kier alpha value is -2.88. The van der Waals surface area contributed by atoms with Crippen molar-refractivity contribution < 1.29 is 9.53 Å². The highest BCUT2D eigenvalue weighted by Crippen LogP contribution is 2.24. The summed E-state index contributed by atoms with van der Waals surface area (Å²) >= 11 is 0. The molecule has 1 atom stereocenters. The van der Waals surface area contributed by atoms with E-state index in [1.54, 1.807) is 0 Å². The number of pyridine rings is 1. The predicted octanol–water partition coefficient (Wildman–Crippen LogP) is 4.42. The fourth-order valence-electron chi connectivity index (χ4n) is 2.88. The number of hydrogen-bond donors (Lipinski definition) is 1. The van der Waals surface area contributed by atoms with Gasteiger partial charge < -0.3 is 10.1 Å². The lowest BCUT2D eigenvalue weighted by atomic mass is 10.0. The van der Waals surface area contributed by atoms with Crippen LogP contribution in [0.25, 0.3) is 10.9 Å². The van der Waals surface area contributed by atoms with Crippen LogP contribution in [0.3, 0.4) is 0 Å². The van der Waals surface area contributed by atoms with Gasteiger partial charge >= 0.3 is 0 Å². The minimum absolute atomic E-state index is 0.0378. The molecule has 1 N–H and O–H groups in total. The number of fused-ring (bicyclic) bond motifs is 1. The fourth-order valence-corrected chi connectivity index (χ4v) is 2.88. The van der Waals surface area contributed by atoms with Gasteiger partial charge in [0.25, 0.3) is 5.91 Å². The van der Waals surface area contributed by atoms with Crippen LogP contribution in [0.1, 0.15) is 35.3 Å². The molecule has 1 aromatic heterocycles. The van der Waals surface area contributed by atoms with Gasteiger partial charge in [0.1, 0.15) is 11.3 Å². The van der Waals surface area contributed by atoms with Gasteiger partial charge in [0.2, 0.25) is 0 Å². The summed E-state index contributed by atoms with van der Waals surface area (Å²) in [5.41, 5.74) is 5.25. The molecule has 4 heteroatoms. The van der Waals surface area contributed by atoms with E-state index in [1.807, 2.05) is 50.2 Å². The van der Waals surface area contributed by atoms with Crippen molar-refractivity contribution in [2.24, 2.45) is 0 Å². The van der Waals surface area contributed by atoms with Crippen LogP contribution in [0, 0.1) is 20.8 Å². The maximum Gasteiger partial charge on any atom is 0.258 e. The monoisotopic (exact) mass is 348 g/mol. The summed E-state index contributed by atoms with van der Waals surface area (Å²) in [4.78, 5) is 16.8. The molecule has 3 aromatic rings. The zero-order valence-corrected chi connectivity index (χ0v) is 15.7. The van der Waals surface area contributed by atoms with E-state index in [0.717, 1.165) is 22.2 Å². The van der Waals surface area contributed by atoms with Crippen molar-refractivity contribution in [1.29, 1.82) is 0 Å². The third kappa shape index (κ3) is 4.02. The van der Waals surface area contributed by atoms with Gasteiger partial charge in [-0.1, -0.05) is 36.4 Å². The summed E-state index contributed by atoms with van der Waals surface area (Å²) < 4.78 is 5.74. The summed E-state index contributed by atoms with van der Waals surface area (Å²) in [7, 11) is 0. The molecule has 0 aliphatic heterocycles. The quantitative estimate of drug-likeness (QED) is 0.743. The van der Waals surface area contributed by atoms with E-state index in [1.165, 1.54) is 11.1 Å². The second-order valence-corrected chi connectivity index (χ2v) is 6.70. The SMILES string of the molecule is Cc1ccc2cccc(OCC(=O)NC(C)c3ccc(C)c(C)c3)c2n1. The van der Waals surface area contributed by atoms with Gasteiger partial charge in [-0.15, -0.1) is 0 Å². The first-order valence-electron chi connectivity index (χ1n) is 8.80. The lowest BCUT2D eigenvalue weighted by Crippen LogP contribution is -2.31. The Labute approximate surface area is 154 Å². The van der Waals surface area contributed by atoms with E-state index in [-0.39, 0.29) is 18.6 Å². The Morgan fingerprint density at radius 1 is 1.08 bits per heavy atom. The van der Waals surface area contributed by atoms with Crippen molar-refractivity contribution in [1.82, 2.24) is 10.3 Å². The Kier molecular flexibility index (Phi) is 5.21. The molecule has 1 heterocycles. The van der Waals surface area contributed by atoms with Gasteiger partial charge in [0, 0.05) is 11.1 Å². The number of ether oxygens (including phenoxy) is 1. The maximum atomic E-state index is 12.3. The standard InChI is InChI=1S/C22H24N2O2/c1-14-8-10-19(12-15(14)2)17(4)24-21(25)13-26-20-7-5-6-18-11-9-16(3)23-22(18)20/h5-12,17H,13H2,1-4H3,(H,24,25). The molecule has 0 saturated carbocycles. The number of carbonyl (C=O) groups excluding carboxylic acids is 1. The topological polar surface area (TPSA) is 51.2 Å². The average molecular weight is 348 g/mol. The molecule has 0 spiro atoms. The van der Waals surface area contributed by atoms with Gasteiger partial charge in [0.15, 0.2) is 6.61 Å². The van der Waals surface area contributed by atoms with Crippen LogP contribution in [-0.4, -0.2) is 17.5 Å². The summed E-state index contributed by atoms with van der Waals surface area (Å²) in [6.07, 6.45) is 0. The van der Waals surface area contributed by atoms with Crippen LogP contribution >= 0.6 is 0 Å². The zero-order valence-electron chi connectivity index (χ0n) is 15.7. The first-order valence-corrected chi connectivity index (χ1v) is 8.80. The van der Waals surface area contributed by atoms with Gasteiger partial charge in [-0.2, -0.15) is 0 Å². The van der Waals surface area contributed by atoms with E-state index in [0.29, 0.717) is 5.75 Å². The Morgan fingerprint density at radius 2 is 1.88 bits per heavy atom. The normalized spacial score (nSPS) is 12.0. The van der Waals surface area contributed by atoms with Crippen LogP contribution < -0.4 is 10.1 Å². The predicted molar refractivity (Wildman–Crippen MR) is 104 cm³/mol. The highest BCUT2D eigenvalue weighted by molar-refractivity contribution is 5.85. The molecule has 0 bridgehead atoms. The molecule has 0 aliphatic rings. The number of aryl methyl sites for hydroxylation is 3. The third-order valence-corrected chi connectivity index (χ3v) is 4.59. The first-order chi connectivity index (χ1) is 12.4. The average Bonchev–Trinajstić information content (AvgIpc) is 2.62. The molecule has 0 radical (unpaired) electrons. The Morgan fingerprint density at radius 3 is 2.65 bits per heavy atom.